The fourth-order valence-corrected chi connectivity index (χ4v) is 3.53. The topological polar surface area (TPSA) is 73.2 Å². The van der Waals surface area contributed by atoms with Crippen LogP contribution in [0.25, 0.3) is 33.4 Å². The number of nitrogens with zero attached hydrogens (tertiary/aromatic N) is 2. The number of aromatic nitrogens is 3. The van der Waals surface area contributed by atoms with Crippen LogP contribution in [0.4, 0.5) is 0 Å². The molecule has 4 aromatic rings. The summed E-state index contributed by atoms with van der Waals surface area (Å²) in [5.41, 5.74) is 6.28. The first-order valence-corrected chi connectivity index (χ1v) is 8.68. The van der Waals surface area contributed by atoms with E-state index in [2.05, 4.69) is 16.2 Å². The first-order valence-electron chi connectivity index (χ1n) is 8.68. The lowest BCUT2D eigenvalue weighted by molar-refractivity contribution is 0.356. The van der Waals surface area contributed by atoms with Gasteiger partial charge in [-0.25, -0.2) is 4.98 Å². The summed E-state index contributed by atoms with van der Waals surface area (Å²) in [5, 5.41) is 5.09. The lowest BCUT2D eigenvalue weighted by Gasteiger charge is -2.14. The van der Waals surface area contributed by atoms with E-state index in [9.17, 15) is 0 Å². The van der Waals surface area contributed by atoms with Gasteiger partial charge in [-0.15, -0.1) is 0 Å². The number of fused-ring (bicyclic) bond motifs is 1. The summed E-state index contributed by atoms with van der Waals surface area (Å²) in [6.45, 7) is 5.85. The van der Waals surface area contributed by atoms with Crippen molar-refractivity contribution in [2.24, 2.45) is 0 Å². The quantitative estimate of drug-likeness (QED) is 0.562. The van der Waals surface area contributed by atoms with Crippen LogP contribution in [0.15, 0.2) is 34.9 Å². The first-order chi connectivity index (χ1) is 13.0. The zero-order valence-corrected chi connectivity index (χ0v) is 16.0. The molecule has 0 bridgehead atoms. The molecule has 138 valence electrons. The van der Waals surface area contributed by atoms with Crippen LogP contribution in [-0.4, -0.2) is 29.3 Å². The maximum atomic E-state index is 5.65. The van der Waals surface area contributed by atoms with Gasteiger partial charge in [-0.05, 0) is 45.0 Å². The van der Waals surface area contributed by atoms with Crippen molar-refractivity contribution in [3.63, 3.8) is 0 Å². The minimum Gasteiger partial charge on any atom is -0.493 e. The molecule has 0 aliphatic carbocycles. The van der Waals surface area contributed by atoms with Crippen molar-refractivity contribution in [3.05, 3.63) is 47.5 Å². The Morgan fingerprint density at radius 3 is 2.52 bits per heavy atom. The van der Waals surface area contributed by atoms with E-state index in [1.807, 2.05) is 45.0 Å². The molecular weight excluding hydrogens is 342 g/mol. The minimum atomic E-state index is 0.656. The van der Waals surface area contributed by atoms with Crippen molar-refractivity contribution in [2.45, 2.75) is 20.8 Å². The lowest BCUT2D eigenvalue weighted by Crippen LogP contribution is -1.96. The SMILES string of the molecule is COc1cccc(-c2nc(-c3c(C)noc3C)cc3[nH]c(C)cc23)c1OC. The number of aromatic amines is 1. The minimum absolute atomic E-state index is 0.656. The molecule has 4 rings (SSSR count). The van der Waals surface area contributed by atoms with E-state index in [4.69, 9.17) is 19.0 Å². The van der Waals surface area contributed by atoms with Crippen LogP contribution in [0.2, 0.25) is 0 Å². The number of methoxy groups -OCH3 is 2. The first kappa shape index (κ1) is 17.1. The molecule has 6 heteroatoms. The van der Waals surface area contributed by atoms with Crippen molar-refractivity contribution in [1.29, 1.82) is 0 Å². The Kier molecular flexibility index (Phi) is 4.11. The fraction of sp³-hybridized carbons (Fsp3) is 0.238. The Bertz CT molecular complexity index is 1120. The smallest absolute Gasteiger partial charge is 0.170 e. The number of pyridine rings is 1. The third-order valence-electron chi connectivity index (χ3n) is 4.70. The van der Waals surface area contributed by atoms with Crippen molar-refractivity contribution in [3.8, 4) is 34.0 Å². The van der Waals surface area contributed by atoms with E-state index in [1.165, 1.54) is 0 Å². The molecule has 1 aromatic carbocycles. The van der Waals surface area contributed by atoms with Crippen molar-refractivity contribution in [2.75, 3.05) is 14.2 Å². The van der Waals surface area contributed by atoms with Gasteiger partial charge in [-0.2, -0.15) is 0 Å². The Hall–Kier alpha value is -3.28. The van der Waals surface area contributed by atoms with Gasteiger partial charge in [-0.3, -0.25) is 0 Å². The molecule has 0 spiro atoms. The normalized spacial score (nSPS) is 11.1. The lowest BCUT2D eigenvalue weighted by atomic mass is 10.0. The van der Waals surface area contributed by atoms with Crippen molar-refractivity contribution >= 4 is 10.9 Å². The van der Waals surface area contributed by atoms with E-state index < -0.39 is 0 Å². The third-order valence-corrected chi connectivity index (χ3v) is 4.70. The van der Waals surface area contributed by atoms with Crippen molar-refractivity contribution in [1.82, 2.24) is 15.1 Å². The predicted octanol–water partition coefficient (Wildman–Crippen LogP) is 4.83. The maximum Gasteiger partial charge on any atom is 0.170 e. The van der Waals surface area contributed by atoms with Gasteiger partial charge >= 0.3 is 0 Å². The Balaban J connectivity index is 2.06. The highest BCUT2D eigenvalue weighted by Gasteiger charge is 2.20. The maximum absolute atomic E-state index is 5.65. The van der Waals surface area contributed by atoms with E-state index >= 15 is 0 Å². The molecule has 0 saturated heterocycles. The van der Waals surface area contributed by atoms with Crippen LogP contribution in [0.5, 0.6) is 11.5 Å². The molecule has 1 N–H and O–H groups in total. The molecule has 3 aromatic heterocycles. The number of para-hydroxylation sites is 1. The second kappa shape index (κ2) is 6.46. The summed E-state index contributed by atoms with van der Waals surface area (Å²) in [4.78, 5) is 8.39. The van der Waals surface area contributed by atoms with Gasteiger partial charge in [0.1, 0.15) is 5.76 Å². The Morgan fingerprint density at radius 1 is 1.04 bits per heavy atom. The predicted molar refractivity (Wildman–Crippen MR) is 104 cm³/mol. The van der Waals surface area contributed by atoms with Gasteiger partial charge in [0.15, 0.2) is 11.5 Å². The molecule has 0 atom stereocenters. The molecule has 3 heterocycles. The molecular formula is C21H21N3O3. The van der Waals surface area contributed by atoms with E-state index in [0.29, 0.717) is 11.5 Å². The van der Waals surface area contributed by atoms with E-state index in [0.717, 1.165) is 50.6 Å². The monoisotopic (exact) mass is 363 g/mol. The number of nitrogens with one attached hydrogen (secondary N) is 1. The number of rotatable bonds is 4. The number of ether oxygens (including phenoxy) is 2. The molecule has 0 aliphatic heterocycles. The van der Waals surface area contributed by atoms with Crippen LogP contribution in [0, 0.1) is 20.8 Å². The summed E-state index contributed by atoms with van der Waals surface area (Å²) in [6.07, 6.45) is 0. The van der Waals surface area contributed by atoms with E-state index in [1.54, 1.807) is 14.2 Å². The standard InChI is InChI=1S/C21H21N3O3/c1-11-9-15-16(22-11)10-17(19-12(2)24-27-13(19)3)23-20(15)14-7-6-8-18(25-4)21(14)26-5/h6-10,22H,1-5H3. The molecule has 0 unspecified atom stereocenters. The summed E-state index contributed by atoms with van der Waals surface area (Å²) in [6, 6.07) is 9.92. The van der Waals surface area contributed by atoms with Crippen molar-refractivity contribution < 1.29 is 14.0 Å². The second-order valence-corrected chi connectivity index (χ2v) is 6.51. The second-order valence-electron chi connectivity index (χ2n) is 6.51. The average Bonchev–Trinajstić information content (AvgIpc) is 3.20. The number of H-pyrrole nitrogens is 1. The zero-order chi connectivity index (χ0) is 19.1. The fourth-order valence-electron chi connectivity index (χ4n) is 3.53. The van der Waals surface area contributed by atoms with Gasteiger partial charge < -0.3 is 19.0 Å². The van der Waals surface area contributed by atoms with Crippen LogP contribution in [-0.2, 0) is 0 Å². The Morgan fingerprint density at radius 2 is 1.85 bits per heavy atom. The number of aryl methyl sites for hydroxylation is 3. The molecule has 6 nitrogen and oxygen atoms in total. The highest BCUT2D eigenvalue weighted by molar-refractivity contribution is 5.97. The summed E-state index contributed by atoms with van der Waals surface area (Å²) >= 11 is 0. The molecule has 0 radical (unpaired) electrons. The van der Waals surface area contributed by atoms with E-state index in [-0.39, 0.29) is 0 Å². The number of hydrogen-bond donors (Lipinski definition) is 1. The molecule has 0 aliphatic rings. The summed E-state index contributed by atoms with van der Waals surface area (Å²) < 4.78 is 16.5. The van der Waals surface area contributed by atoms with Gasteiger partial charge in [0.2, 0.25) is 0 Å². The third kappa shape index (κ3) is 2.73. The molecule has 0 amide bonds. The zero-order valence-electron chi connectivity index (χ0n) is 16.0. The van der Waals surface area contributed by atoms with Gasteiger partial charge in [-0.1, -0.05) is 11.2 Å². The van der Waals surface area contributed by atoms with Crippen LogP contribution in [0.3, 0.4) is 0 Å². The summed E-state index contributed by atoms with van der Waals surface area (Å²) in [5.74, 6) is 2.06. The molecule has 27 heavy (non-hydrogen) atoms. The largest absolute Gasteiger partial charge is 0.493 e. The molecule has 0 saturated carbocycles. The molecule has 0 fully saturated rings. The highest BCUT2D eigenvalue weighted by atomic mass is 16.5. The van der Waals surface area contributed by atoms with Gasteiger partial charge in [0, 0.05) is 22.2 Å². The number of hydrogen-bond acceptors (Lipinski definition) is 5. The van der Waals surface area contributed by atoms with Crippen LogP contribution in [0.1, 0.15) is 17.1 Å². The van der Waals surface area contributed by atoms with Gasteiger partial charge in [0.05, 0.1) is 36.9 Å². The average molecular weight is 363 g/mol. The summed E-state index contributed by atoms with van der Waals surface area (Å²) in [7, 11) is 3.27. The number of benzene rings is 1. The van der Waals surface area contributed by atoms with Crippen LogP contribution >= 0.6 is 0 Å². The van der Waals surface area contributed by atoms with Gasteiger partial charge in [0.25, 0.3) is 0 Å². The highest BCUT2D eigenvalue weighted by Crippen LogP contribution is 2.41. The van der Waals surface area contributed by atoms with Crippen LogP contribution < -0.4 is 9.47 Å². The Labute approximate surface area is 157 Å².